The van der Waals surface area contributed by atoms with Crippen LogP contribution in [0.25, 0.3) is 0 Å². The maximum Gasteiger partial charge on any atom is 0.0508 e. The van der Waals surface area contributed by atoms with Crippen LogP contribution in [-0.4, -0.2) is 41.2 Å². The molecule has 0 aliphatic heterocycles. The van der Waals surface area contributed by atoms with Gasteiger partial charge in [-0.25, -0.2) is 0 Å². The molecule has 18 heavy (non-hydrogen) atoms. The first-order chi connectivity index (χ1) is 8.66. The lowest BCUT2D eigenvalue weighted by atomic mass is 10.0. The maximum absolute atomic E-state index is 8.77. The first-order valence-corrected chi connectivity index (χ1v) is 6.63. The second-order valence-electron chi connectivity index (χ2n) is 4.86. The highest BCUT2D eigenvalue weighted by Crippen LogP contribution is 2.21. The minimum absolute atomic E-state index is 0.0667. The highest BCUT2D eigenvalue weighted by molar-refractivity contribution is 5.15. The minimum atomic E-state index is 0.0667. The molecule has 4 nitrogen and oxygen atoms in total. The molecule has 1 rings (SSSR count). The van der Waals surface area contributed by atoms with Gasteiger partial charge in [-0.3, -0.25) is 9.88 Å². The van der Waals surface area contributed by atoms with Gasteiger partial charge in [0.2, 0.25) is 0 Å². The van der Waals surface area contributed by atoms with Crippen molar-refractivity contribution in [1.29, 1.82) is 0 Å². The quantitative estimate of drug-likeness (QED) is 0.688. The average molecular weight is 251 g/mol. The number of hydrogen-bond donors (Lipinski definition) is 2. The van der Waals surface area contributed by atoms with Crippen molar-refractivity contribution in [2.24, 2.45) is 5.73 Å². The zero-order valence-corrected chi connectivity index (χ0v) is 11.4. The predicted octanol–water partition coefficient (Wildman–Crippen LogP) is 1.56. The number of unbranched alkanes of at least 4 members (excludes halogenated alkanes) is 2. The Morgan fingerprint density at radius 2 is 2.17 bits per heavy atom. The van der Waals surface area contributed by atoms with Gasteiger partial charge >= 0.3 is 0 Å². The van der Waals surface area contributed by atoms with Crippen molar-refractivity contribution in [1.82, 2.24) is 9.88 Å². The van der Waals surface area contributed by atoms with E-state index < -0.39 is 0 Å². The second kappa shape index (κ2) is 8.19. The first-order valence-electron chi connectivity index (χ1n) is 6.63. The summed E-state index contributed by atoms with van der Waals surface area (Å²) in [4.78, 5) is 6.44. The maximum atomic E-state index is 8.77. The zero-order valence-electron chi connectivity index (χ0n) is 11.4. The molecular formula is C14H25N3O. The number of nitrogens with zero attached hydrogens (tertiary/aromatic N) is 2. The first kappa shape index (κ1) is 15.1. The van der Waals surface area contributed by atoms with E-state index in [0.29, 0.717) is 0 Å². The Morgan fingerprint density at radius 3 is 2.72 bits per heavy atom. The van der Waals surface area contributed by atoms with Crippen molar-refractivity contribution in [3.8, 4) is 0 Å². The molecule has 0 spiro atoms. The molecule has 0 saturated heterocycles. The van der Waals surface area contributed by atoms with Gasteiger partial charge in [0, 0.05) is 25.0 Å². The molecule has 1 aromatic rings. The fourth-order valence-corrected chi connectivity index (χ4v) is 2.30. The monoisotopic (exact) mass is 251 g/mol. The van der Waals surface area contributed by atoms with E-state index >= 15 is 0 Å². The van der Waals surface area contributed by atoms with Crippen molar-refractivity contribution >= 4 is 0 Å². The van der Waals surface area contributed by atoms with E-state index in [1.54, 1.807) is 6.20 Å². The third-order valence-corrected chi connectivity index (χ3v) is 3.17. The van der Waals surface area contributed by atoms with Gasteiger partial charge in [-0.15, -0.1) is 0 Å². The van der Waals surface area contributed by atoms with Crippen LogP contribution in [0.1, 0.15) is 37.8 Å². The van der Waals surface area contributed by atoms with E-state index in [1.807, 2.05) is 19.2 Å². The fraction of sp³-hybridized carbons (Fsp3) is 0.643. The smallest absolute Gasteiger partial charge is 0.0508 e. The molecule has 3 N–H and O–H groups in total. The van der Waals surface area contributed by atoms with E-state index in [1.165, 1.54) is 0 Å². The van der Waals surface area contributed by atoms with Crippen LogP contribution in [0.15, 0.2) is 24.5 Å². The van der Waals surface area contributed by atoms with E-state index in [4.69, 9.17) is 10.8 Å². The number of hydrogen-bond acceptors (Lipinski definition) is 4. The SMILES string of the molecule is CC(N)C(c1cccnc1)N(C)CCCCCO. The Hall–Kier alpha value is -0.970. The highest BCUT2D eigenvalue weighted by Gasteiger charge is 2.20. The van der Waals surface area contributed by atoms with Crippen LogP contribution >= 0.6 is 0 Å². The van der Waals surface area contributed by atoms with E-state index in [0.717, 1.165) is 31.4 Å². The molecule has 102 valence electrons. The van der Waals surface area contributed by atoms with Gasteiger partial charge in [0.25, 0.3) is 0 Å². The summed E-state index contributed by atoms with van der Waals surface area (Å²) in [7, 11) is 2.10. The Labute approximate surface area is 110 Å². The summed E-state index contributed by atoms with van der Waals surface area (Å²) in [5.74, 6) is 0. The van der Waals surface area contributed by atoms with Crippen molar-refractivity contribution in [3.05, 3.63) is 30.1 Å². The molecule has 1 heterocycles. The number of aliphatic hydroxyl groups is 1. The van der Waals surface area contributed by atoms with Crippen LogP contribution in [0.4, 0.5) is 0 Å². The second-order valence-corrected chi connectivity index (χ2v) is 4.86. The average Bonchev–Trinajstić information content (AvgIpc) is 2.36. The number of pyridine rings is 1. The molecule has 4 heteroatoms. The van der Waals surface area contributed by atoms with Gasteiger partial charge in [0.15, 0.2) is 0 Å². The highest BCUT2D eigenvalue weighted by atomic mass is 16.2. The van der Waals surface area contributed by atoms with Crippen molar-refractivity contribution in [2.45, 2.75) is 38.3 Å². The van der Waals surface area contributed by atoms with E-state index in [9.17, 15) is 0 Å². The lowest BCUT2D eigenvalue weighted by Crippen LogP contribution is -2.37. The van der Waals surface area contributed by atoms with Gasteiger partial charge in [0.1, 0.15) is 0 Å². The Morgan fingerprint density at radius 1 is 1.39 bits per heavy atom. The van der Waals surface area contributed by atoms with Gasteiger partial charge in [0.05, 0.1) is 6.04 Å². The normalized spacial score (nSPS) is 14.7. The Bertz CT molecular complexity index is 316. The molecule has 0 fully saturated rings. The molecule has 0 aliphatic carbocycles. The Balaban J connectivity index is 2.57. The summed E-state index contributed by atoms with van der Waals surface area (Å²) >= 11 is 0. The predicted molar refractivity (Wildman–Crippen MR) is 74.2 cm³/mol. The summed E-state index contributed by atoms with van der Waals surface area (Å²) in [6, 6.07) is 4.29. The van der Waals surface area contributed by atoms with Crippen LogP contribution in [0, 0.1) is 0 Å². The third-order valence-electron chi connectivity index (χ3n) is 3.17. The molecule has 0 bridgehead atoms. The lowest BCUT2D eigenvalue weighted by molar-refractivity contribution is 0.210. The number of rotatable bonds is 8. The summed E-state index contributed by atoms with van der Waals surface area (Å²) in [5.41, 5.74) is 7.25. The number of likely N-dealkylation sites (N-methyl/N-ethyl adjacent to an activating group) is 1. The third kappa shape index (κ3) is 4.72. The Kier molecular flexibility index (Phi) is 6.86. The van der Waals surface area contributed by atoms with Crippen LogP contribution in [-0.2, 0) is 0 Å². The van der Waals surface area contributed by atoms with Crippen LogP contribution in [0.3, 0.4) is 0 Å². The molecule has 0 aliphatic rings. The van der Waals surface area contributed by atoms with Gasteiger partial charge in [-0.05, 0) is 51.4 Å². The molecule has 2 atom stereocenters. The van der Waals surface area contributed by atoms with Crippen molar-refractivity contribution < 1.29 is 5.11 Å². The van der Waals surface area contributed by atoms with Crippen molar-refractivity contribution in [3.63, 3.8) is 0 Å². The largest absolute Gasteiger partial charge is 0.396 e. The van der Waals surface area contributed by atoms with Gasteiger partial charge < -0.3 is 10.8 Å². The molecule has 0 aromatic carbocycles. The van der Waals surface area contributed by atoms with Crippen LogP contribution in [0.5, 0.6) is 0 Å². The molecular weight excluding hydrogens is 226 g/mol. The van der Waals surface area contributed by atoms with E-state index in [-0.39, 0.29) is 18.7 Å². The standard InChI is InChI=1S/C14H25N3O/c1-12(15)14(13-7-6-8-16-11-13)17(2)9-4-3-5-10-18/h6-8,11-12,14,18H,3-5,9-10,15H2,1-2H3. The molecule has 2 unspecified atom stereocenters. The summed E-state index contributed by atoms with van der Waals surface area (Å²) in [5, 5.41) is 8.77. The van der Waals surface area contributed by atoms with Gasteiger partial charge in [-0.2, -0.15) is 0 Å². The molecule has 1 aromatic heterocycles. The van der Waals surface area contributed by atoms with Crippen LogP contribution < -0.4 is 5.73 Å². The topological polar surface area (TPSA) is 62.4 Å². The molecule has 0 amide bonds. The zero-order chi connectivity index (χ0) is 13.4. The van der Waals surface area contributed by atoms with E-state index in [2.05, 4.69) is 23.0 Å². The number of nitrogens with two attached hydrogens (primary N) is 1. The number of aliphatic hydroxyl groups excluding tert-OH is 1. The van der Waals surface area contributed by atoms with Crippen LogP contribution in [0.2, 0.25) is 0 Å². The summed E-state index contributed by atoms with van der Waals surface area (Å²) in [6.45, 7) is 3.30. The summed E-state index contributed by atoms with van der Waals surface area (Å²) in [6.07, 6.45) is 6.69. The minimum Gasteiger partial charge on any atom is -0.396 e. The molecule has 0 radical (unpaired) electrons. The fourth-order valence-electron chi connectivity index (χ4n) is 2.30. The lowest BCUT2D eigenvalue weighted by Gasteiger charge is -2.31. The van der Waals surface area contributed by atoms with Gasteiger partial charge in [-0.1, -0.05) is 6.07 Å². The number of aromatic nitrogens is 1. The summed E-state index contributed by atoms with van der Waals surface area (Å²) < 4.78 is 0. The molecule has 0 saturated carbocycles. The van der Waals surface area contributed by atoms with Crippen molar-refractivity contribution in [2.75, 3.05) is 20.2 Å².